The van der Waals surface area contributed by atoms with Gasteiger partial charge in [-0.1, -0.05) is 30.4 Å². The number of ether oxygens (including phenoxy) is 1. The van der Waals surface area contributed by atoms with Gasteiger partial charge in [0, 0.05) is 5.92 Å². The van der Waals surface area contributed by atoms with E-state index >= 15 is 0 Å². The maximum atomic E-state index is 12.5. The van der Waals surface area contributed by atoms with Gasteiger partial charge in [0.25, 0.3) is 0 Å². The van der Waals surface area contributed by atoms with E-state index in [-0.39, 0.29) is 40.8 Å². The first kappa shape index (κ1) is 13.3. The van der Waals surface area contributed by atoms with Gasteiger partial charge in [0.15, 0.2) is 5.78 Å². The second kappa shape index (κ2) is 4.42. The quantitative estimate of drug-likeness (QED) is 0.744. The maximum Gasteiger partial charge on any atom is 0.339 e. The Balaban J connectivity index is 2.01. The molecule has 0 spiro atoms. The van der Waals surface area contributed by atoms with Gasteiger partial charge in [0.2, 0.25) is 0 Å². The van der Waals surface area contributed by atoms with Crippen LogP contribution < -0.4 is 0 Å². The van der Waals surface area contributed by atoms with Crippen LogP contribution in [0.4, 0.5) is 0 Å². The Hall–Kier alpha value is -1.68. The molecule has 1 fully saturated rings. The number of fused-ring (bicyclic) bond motifs is 3. The first-order valence-electron chi connectivity index (χ1n) is 6.92. The molecular weight excluding hydrogens is 256 g/mol. The van der Waals surface area contributed by atoms with E-state index in [2.05, 4.69) is 6.08 Å². The predicted molar refractivity (Wildman–Crippen MR) is 73.0 cm³/mol. The van der Waals surface area contributed by atoms with E-state index in [1.165, 1.54) is 6.08 Å². The molecule has 0 bridgehead atoms. The molecule has 0 aromatic rings. The first-order chi connectivity index (χ1) is 9.42. The van der Waals surface area contributed by atoms with Crippen molar-refractivity contribution in [3.8, 4) is 0 Å². The van der Waals surface area contributed by atoms with E-state index in [0.717, 1.165) is 0 Å². The summed E-state index contributed by atoms with van der Waals surface area (Å²) in [5, 5.41) is 9.14. The lowest BCUT2D eigenvalue weighted by Gasteiger charge is -2.51. The van der Waals surface area contributed by atoms with Crippen LogP contribution in [0.5, 0.6) is 0 Å². The summed E-state index contributed by atoms with van der Waals surface area (Å²) in [5.74, 6) is -1.69. The zero-order valence-corrected chi connectivity index (χ0v) is 11.6. The van der Waals surface area contributed by atoms with Crippen LogP contribution in [0.25, 0.3) is 0 Å². The normalized spacial score (nSPS) is 37.9. The molecule has 3 aliphatic rings. The number of carbonyl (C=O) groups is 2. The molecule has 0 aromatic heterocycles. The van der Waals surface area contributed by atoms with Crippen molar-refractivity contribution < 1.29 is 19.4 Å². The number of aliphatic carboxylic acids is 1. The summed E-state index contributed by atoms with van der Waals surface area (Å²) < 4.78 is 6.10. The van der Waals surface area contributed by atoms with E-state index in [0.29, 0.717) is 6.42 Å². The van der Waals surface area contributed by atoms with Gasteiger partial charge in [-0.3, -0.25) is 4.79 Å². The van der Waals surface area contributed by atoms with Crippen LogP contribution in [0.2, 0.25) is 0 Å². The summed E-state index contributed by atoms with van der Waals surface area (Å²) in [6.07, 6.45) is 9.76. The SMILES string of the molecule is CC1(C)OC2CC=C(C(=O)O)C(=O)C2C2C=CC=CC21. The lowest BCUT2D eigenvalue weighted by atomic mass is 9.64. The fourth-order valence-corrected chi connectivity index (χ4v) is 3.70. The largest absolute Gasteiger partial charge is 0.478 e. The molecule has 4 nitrogen and oxygen atoms in total. The van der Waals surface area contributed by atoms with Crippen molar-refractivity contribution in [1.82, 2.24) is 0 Å². The highest BCUT2D eigenvalue weighted by Gasteiger charge is 2.52. The first-order valence-corrected chi connectivity index (χ1v) is 6.92. The second-order valence-electron chi connectivity index (χ2n) is 6.18. The summed E-state index contributed by atoms with van der Waals surface area (Å²) in [5.41, 5.74) is -0.432. The smallest absolute Gasteiger partial charge is 0.339 e. The van der Waals surface area contributed by atoms with Crippen molar-refractivity contribution in [3.63, 3.8) is 0 Å². The fourth-order valence-electron chi connectivity index (χ4n) is 3.70. The van der Waals surface area contributed by atoms with Gasteiger partial charge in [0.1, 0.15) is 0 Å². The lowest BCUT2D eigenvalue weighted by molar-refractivity contribution is -0.179. The van der Waals surface area contributed by atoms with Crippen LogP contribution >= 0.6 is 0 Å². The third-order valence-corrected chi connectivity index (χ3v) is 4.60. The number of hydrogen-bond acceptors (Lipinski definition) is 3. The Morgan fingerprint density at radius 1 is 1.35 bits per heavy atom. The topological polar surface area (TPSA) is 63.6 Å². The van der Waals surface area contributed by atoms with Gasteiger partial charge in [-0.25, -0.2) is 4.79 Å². The maximum absolute atomic E-state index is 12.5. The number of carbonyl (C=O) groups excluding carboxylic acids is 1. The molecule has 1 heterocycles. The van der Waals surface area contributed by atoms with Gasteiger partial charge in [-0.05, 0) is 26.2 Å². The number of carboxylic acid groups (broad SMARTS) is 1. The summed E-state index contributed by atoms with van der Waals surface area (Å²) >= 11 is 0. The van der Waals surface area contributed by atoms with Crippen LogP contribution in [0.15, 0.2) is 36.0 Å². The highest BCUT2D eigenvalue weighted by atomic mass is 16.5. The van der Waals surface area contributed by atoms with E-state index in [4.69, 9.17) is 9.84 Å². The highest BCUT2D eigenvalue weighted by Crippen LogP contribution is 2.47. The standard InChI is InChI=1S/C16H18O4/c1-16(2)11-6-4-3-5-9(11)13-12(20-16)8-7-10(14(13)17)15(18)19/h3-7,9,11-13H,8H2,1-2H3,(H,18,19). The van der Waals surface area contributed by atoms with Crippen molar-refractivity contribution in [2.24, 2.45) is 17.8 Å². The molecule has 0 amide bonds. The van der Waals surface area contributed by atoms with E-state index in [1.807, 2.05) is 32.1 Å². The summed E-state index contributed by atoms with van der Waals surface area (Å²) in [4.78, 5) is 23.6. The molecule has 4 heteroatoms. The molecule has 3 rings (SSSR count). The third kappa shape index (κ3) is 1.86. The Labute approximate surface area is 117 Å². The molecule has 20 heavy (non-hydrogen) atoms. The van der Waals surface area contributed by atoms with Crippen LogP contribution in [0.1, 0.15) is 20.3 Å². The molecule has 0 radical (unpaired) electrons. The van der Waals surface area contributed by atoms with Crippen molar-refractivity contribution in [3.05, 3.63) is 36.0 Å². The van der Waals surface area contributed by atoms with Crippen LogP contribution in [-0.2, 0) is 14.3 Å². The highest BCUT2D eigenvalue weighted by molar-refractivity contribution is 6.18. The van der Waals surface area contributed by atoms with Gasteiger partial charge >= 0.3 is 5.97 Å². The molecule has 0 aromatic carbocycles. The van der Waals surface area contributed by atoms with Crippen LogP contribution in [0.3, 0.4) is 0 Å². The molecule has 4 unspecified atom stereocenters. The van der Waals surface area contributed by atoms with Crippen molar-refractivity contribution in [1.29, 1.82) is 0 Å². The summed E-state index contributed by atoms with van der Waals surface area (Å²) in [6, 6.07) is 0. The van der Waals surface area contributed by atoms with Crippen LogP contribution in [0, 0.1) is 17.8 Å². The second-order valence-corrected chi connectivity index (χ2v) is 6.18. The van der Waals surface area contributed by atoms with Gasteiger partial charge in [-0.2, -0.15) is 0 Å². The van der Waals surface area contributed by atoms with E-state index in [9.17, 15) is 9.59 Å². The lowest BCUT2D eigenvalue weighted by Crippen LogP contribution is -2.56. The molecule has 1 N–H and O–H groups in total. The van der Waals surface area contributed by atoms with Crippen molar-refractivity contribution >= 4 is 11.8 Å². The molecule has 1 saturated heterocycles. The Morgan fingerprint density at radius 3 is 2.75 bits per heavy atom. The predicted octanol–water partition coefficient (Wildman–Crippen LogP) is 2.12. The minimum absolute atomic E-state index is 0.0179. The number of rotatable bonds is 1. The zero-order valence-electron chi connectivity index (χ0n) is 11.6. The average Bonchev–Trinajstić information content (AvgIpc) is 2.38. The molecule has 106 valence electrons. The number of ketones is 1. The van der Waals surface area contributed by atoms with E-state index in [1.54, 1.807) is 0 Å². The number of allylic oxidation sites excluding steroid dienone is 3. The van der Waals surface area contributed by atoms with Crippen molar-refractivity contribution in [2.45, 2.75) is 32.0 Å². The Morgan fingerprint density at radius 2 is 2.05 bits per heavy atom. The minimum Gasteiger partial charge on any atom is -0.478 e. The van der Waals surface area contributed by atoms with Gasteiger partial charge < -0.3 is 9.84 Å². The Bertz CT molecular complexity index is 553. The van der Waals surface area contributed by atoms with Crippen LogP contribution in [-0.4, -0.2) is 28.6 Å². The summed E-state index contributed by atoms with van der Waals surface area (Å²) in [6.45, 7) is 4.07. The monoisotopic (exact) mass is 274 g/mol. The number of Topliss-reactive ketones (excluding diaryl/α,β-unsaturated/α-hetero) is 1. The zero-order chi connectivity index (χ0) is 14.5. The third-order valence-electron chi connectivity index (χ3n) is 4.60. The molecule has 1 aliphatic heterocycles. The van der Waals surface area contributed by atoms with Gasteiger partial charge in [-0.15, -0.1) is 0 Å². The molecule has 0 saturated carbocycles. The van der Waals surface area contributed by atoms with Gasteiger partial charge in [0.05, 0.1) is 23.2 Å². The Kier molecular flexibility index (Phi) is 2.94. The van der Waals surface area contributed by atoms with E-state index < -0.39 is 5.97 Å². The average molecular weight is 274 g/mol. The minimum atomic E-state index is -1.13. The molecule has 4 atom stereocenters. The molecular formula is C16H18O4. The number of carboxylic acids is 1. The fraction of sp³-hybridized carbons (Fsp3) is 0.500. The number of hydrogen-bond donors (Lipinski definition) is 1. The molecule has 2 aliphatic carbocycles. The summed E-state index contributed by atoms with van der Waals surface area (Å²) in [7, 11) is 0. The van der Waals surface area contributed by atoms with Crippen molar-refractivity contribution in [2.75, 3.05) is 0 Å².